The Morgan fingerprint density at radius 1 is 1.55 bits per heavy atom. The molecular formula is C7H11NO3. The molecule has 0 saturated heterocycles. The molecule has 0 aliphatic rings. The standard InChI is InChI=1S/C7H11NO3/c1-2-3-4-6(9)8-5-7(10)11/h2-3H,4-5H2,1H3,(H,8,9)(H,10,11)/b3-2+. The zero-order valence-electron chi connectivity index (χ0n) is 6.33. The summed E-state index contributed by atoms with van der Waals surface area (Å²) < 4.78 is 0. The van der Waals surface area contributed by atoms with Crippen LogP contribution in [0.25, 0.3) is 0 Å². The summed E-state index contributed by atoms with van der Waals surface area (Å²) >= 11 is 0. The van der Waals surface area contributed by atoms with E-state index in [1.54, 1.807) is 19.1 Å². The third kappa shape index (κ3) is 6.57. The first kappa shape index (κ1) is 9.68. The molecule has 0 atom stereocenters. The topological polar surface area (TPSA) is 66.4 Å². The summed E-state index contributed by atoms with van der Waals surface area (Å²) in [7, 11) is 0. The number of hydrogen-bond acceptors (Lipinski definition) is 2. The highest BCUT2D eigenvalue weighted by Gasteiger charge is 1.99. The lowest BCUT2D eigenvalue weighted by Crippen LogP contribution is -2.28. The Morgan fingerprint density at radius 2 is 2.18 bits per heavy atom. The summed E-state index contributed by atoms with van der Waals surface area (Å²) in [4.78, 5) is 20.6. The van der Waals surface area contributed by atoms with Crippen LogP contribution in [0.3, 0.4) is 0 Å². The van der Waals surface area contributed by atoms with E-state index in [0.29, 0.717) is 0 Å². The van der Waals surface area contributed by atoms with Crippen LogP contribution in [0.4, 0.5) is 0 Å². The molecule has 62 valence electrons. The summed E-state index contributed by atoms with van der Waals surface area (Å²) in [5.74, 6) is -1.30. The van der Waals surface area contributed by atoms with Gasteiger partial charge in [-0.05, 0) is 6.92 Å². The van der Waals surface area contributed by atoms with Gasteiger partial charge >= 0.3 is 5.97 Å². The van der Waals surface area contributed by atoms with E-state index in [0.717, 1.165) is 0 Å². The molecule has 0 unspecified atom stereocenters. The van der Waals surface area contributed by atoms with E-state index in [-0.39, 0.29) is 18.9 Å². The minimum atomic E-state index is -1.03. The predicted octanol–water partition coefficient (Wildman–Crippen LogP) is 0.153. The molecule has 4 nitrogen and oxygen atoms in total. The summed E-state index contributed by atoms with van der Waals surface area (Å²) in [6.45, 7) is 1.49. The lowest BCUT2D eigenvalue weighted by atomic mass is 10.3. The summed E-state index contributed by atoms with van der Waals surface area (Å²) in [6, 6.07) is 0. The second-order valence-corrected chi connectivity index (χ2v) is 1.94. The monoisotopic (exact) mass is 157 g/mol. The molecule has 0 aromatic rings. The first-order valence-corrected chi connectivity index (χ1v) is 3.26. The molecule has 0 bridgehead atoms. The van der Waals surface area contributed by atoms with Crippen LogP contribution in [0.15, 0.2) is 12.2 Å². The number of carbonyl (C=O) groups is 2. The Kier molecular flexibility index (Phi) is 4.81. The fourth-order valence-electron chi connectivity index (χ4n) is 0.471. The molecule has 0 aromatic carbocycles. The molecule has 0 radical (unpaired) electrons. The average molecular weight is 157 g/mol. The SMILES string of the molecule is C/C=C/CC(=O)NCC(=O)O. The highest BCUT2D eigenvalue weighted by molar-refractivity contribution is 5.81. The minimum absolute atomic E-state index is 0.240. The van der Waals surface area contributed by atoms with Crippen molar-refractivity contribution in [3.8, 4) is 0 Å². The Balaban J connectivity index is 3.45. The second kappa shape index (κ2) is 5.46. The fourth-order valence-corrected chi connectivity index (χ4v) is 0.471. The number of allylic oxidation sites excluding steroid dienone is 1. The van der Waals surface area contributed by atoms with E-state index in [1.165, 1.54) is 0 Å². The van der Waals surface area contributed by atoms with Crippen LogP contribution in [-0.4, -0.2) is 23.5 Å². The third-order valence-electron chi connectivity index (χ3n) is 0.976. The highest BCUT2D eigenvalue weighted by Crippen LogP contribution is 1.81. The summed E-state index contributed by atoms with van der Waals surface area (Å²) in [6.07, 6.45) is 3.64. The van der Waals surface area contributed by atoms with E-state index in [9.17, 15) is 9.59 Å². The van der Waals surface area contributed by atoms with E-state index < -0.39 is 5.97 Å². The number of aliphatic carboxylic acids is 1. The lowest BCUT2D eigenvalue weighted by molar-refractivity contribution is -0.137. The quantitative estimate of drug-likeness (QED) is 0.571. The van der Waals surface area contributed by atoms with Crippen LogP contribution in [0.5, 0.6) is 0 Å². The second-order valence-electron chi connectivity index (χ2n) is 1.94. The molecule has 0 heterocycles. The van der Waals surface area contributed by atoms with Gasteiger partial charge in [0.15, 0.2) is 0 Å². The van der Waals surface area contributed by atoms with E-state index in [1.807, 2.05) is 0 Å². The van der Waals surface area contributed by atoms with Gasteiger partial charge in [-0.1, -0.05) is 12.2 Å². The van der Waals surface area contributed by atoms with Crippen molar-refractivity contribution in [1.82, 2.24) is 5.32 Å². The summed E-state index contributed by atoms with van der Waals surface area (Å²) in [5, 5.41) is 10.4. The van der Waals surface area contributed by atoms with Crippen LogP contribution in [0.1, 0.15) is 13.3 Å². The lowest BCUT2D eigenvalue weighted by Gasteiger charge is -1.96. The van der Waals surface area contributed by atoms with Gasteiger partial charge < -0.3 is 10.4 Å². The molecule has 0 saturated carbocycles. The number of carboxylic acid groups (broad SMARTS) is 1. The third-order valence-corrected chi connectivity index (χ3v) is 0.976. The number of hydrogen-bond donors (Lipinski definition) is 2. The minimum Gasteiger partial charge on any atom is -0.480 e. The van der Waals surface area contributed by atoms with Crippen LogP contribution in [0, 0.1) is 0 Å². The average Bonchev–Trinajstić information content (AvgIpc) is 1.97. The number of carbonyl (C=O) groups excluding carboxylic acids is 1. The van der Waals surface area contributed by atoms with Crippen LogP contribution in [-0.2, 0) is 9.59 Å². The Morgan fingerprint density at radius 3 is 2.64 bits per heavy atom. The molecule has 4 heteroatoms. The van der Waals surface area contributed by atoms with Crippen LogP contribution in [0.2, 0.25) is 0 Å². The first-order chi connectivity index (χ1) is 5.16. The Bertz CT molecular complexity index is 175. The van der Waals surface area contributed by atoms with Crippen molar-refractivity contribution in [3.05, 3.63) is 12.2 Å². The van der Waals surface area contributed by atoms with Crippen molar-refractivity contribution >= 4 is 11.9 Å². The normalized spacial score (nSPS) is 9.91. The van der Waals surface area contributed by atoms with Gasteiger partial charge in [0.25, 0.3) is 0 Å². The van der Waals surface area contributed by atoms with E-state index >= 15 is 0 Å². The molecule has 0 rings (SSSR count). The van der Waals surface area contributed by atoms with Crippen molar-refractivity contribution in [2.45, 2.75) is 13.3 Å². The van der Waals surface area contributed by atoms with Gasteiger partial charge in [-0.3, -0.25) is 9.59 Å². The van der Waals surface area contributed by atoms with Crippen LogP contribution >= 0.6 is 0 Å². The van der Waals surface area contributed by atoms with Crippen LogP contribution < -0.4 is 5.32 Å². The molecule has 11 heavy (non-hydrogen) atoms. The Labute approximate surface area is 64.9 Å². The van der Waals surface area contributed by atoms with Gasteiger partial charge in [0.2, 0.25) is 5.91 Å². The van der Waals surface area contributed by atoms with Gasteiger partial charge in [0.05, 0.1) is 0 Å². The molecular weight excluding hydrogens is 146 g/mol. The molecule has 1 amide bonds. The summed E-state index contributed by atoms with van der Waals surface area (Å²) in [5.41, 5.74) is 0. The first-order valence-electron chi connectivity index (χ1n) is 3.26. The molecule has 0 aromatic heterocycles. The van der Waals surface area contributed by atoms with Crippen molar-refractivity contribution < 1.29 is 14.7 Å². The number of nitrogens with one attached hydrogen (secondary N) is 1. The predicted molar refractivity (Wildman–Crippen MR) is 40.1 cm³/mol. The molecule has 0 spiro atoms. The largest absolute Gasteiger partial charge is 0.480 e. The number of amides is 1. The van der Waals surface area contributed by atoms with Gasteiger partial charge in [-0.2, -0.15) is 0 Å². The van der Waals surface area contributed by atoms with Crippen molar-refractivity contribution in [1.29, 1.82) is 0 Å². The smallest absolute Gasteiger partial charge is 0.322 e. The molecule has 2 N–H and O–H groups in total. The zero-order chi connectivity index (χ0) is 8.69. The highest BCUT2D eigenvalue weighted by atomic mass is 16.4. The van der Waals surface area contributed by atoms with E-state index in [2.05, 4.69) is 5.32 Å². The Hall–Kier alpha value is -1.32. The maximum absolute atomic E-state index is 10.7. The number of carboxylic acids is 1. The molecule has 0 aliphatic carbocycles. The van der Waals surface area contributed by atoms with Crippen molar-refractivity contribution in [3.63, 3.8) is 0 Å². The molecule has 0 aliphatic heterocycles. The van der Waals surface area contributed by atoms with Gasteiger partial charge in [0, 0.05) is 6.42 Å². The zero-order valence-corrected chi connectivity index (χ0v) is 6.33. The number of rotatable bonds is 4. The molecule has 0 fully saturated rings. The maximum atomic E-state index is 10.7. The van der Waals surface area contributed by atoms with Gasteiger partial charge in [0.1, 0.15) is 6.54 Å². The van der Waals surface area contributed by atoms with Crippen molar-refractivity contribution in [2.24, 2.45) is 0 Å². The van der Waals surface area contributed by atoms with E-state index in [4.69, 9.17) is 5.11 Å². The van der Waals surface area contributed by atoms with Crippen molar-refractivity contribution in [2.75, 3.05) is 6.54 Å². The fraction of sp³-hybridized carbons (Fsp3) is 0.429. The van der Waals surface area contributed by atoms with Gasteiger partial charge in [-0.15, -0.1) is 0 Å². The van der Waals surface area contributed by atoms with Gasteiger partial charge in [-0.25, -0.2) is 0 Å². The maximum Gasteiger partial charge on any atom is 0.322 e.